The van der Waals surface area contributed by atoms with E-state index in [-0.39, 0.29) is 29.6 Å². The van der Waals surface area contributed by atoms with Gasteiger partial charge in [-0.15, -0.1) is 22.7 Å². The first-order chi connectivity index (χ1) is 19.4. The number of halogens is 1. The molecule has 0 bridgehead atoms. The van der Waals surface area contributed by atoms with Crippen LogP contribution in [0.25, 0.3) is 42.1 Å². The van der Waals surface area contributed by atoms with Crippen LogP contribution in [0.4, 0.5) is 10.2 Å². The normalized spacial score (nSPS) is 17.2. The van der Waals surface area contributed by atoms with Crippen LogP contribution in [0.15, 0.2) is 42.6 Å². The molecule has 206 valence electrons. The van der Waals surface area contributed by atoms with Gasteiger partial charge in [-0.25, -0.2) is 14.4 Å². The summed E-state index contributed by atoms with van der Waals surface area (Å²) in [7, 11) is 3.18. The van der Waals surface area contributed by atoms with Crippen molar-refractivity contribution < 1.29 is 18.7 Å². The first-order valence-corrected chi connectivity index (χ1v) is 14.3. The van der Waals surface area contributed by atoms with E-state index in [0.717, 1.165) is 16.1 Å². The van der Waals surface area contributed by atoms with Crippen molar-refractivity contribution in [1.29, 1.82) is 0 Å². The summed E-state index contributed by atoms with van der Waals surface area (Å²) in [5, 5.41) is 8.65. The quantitative estimate of drug-likeness (QED) is 0.256. The molecular weight excluding hydrogens is 551 g/mol. The van der Waals surface area contributed by atoms with E-state index < -0.39 is 0 Å². The minimum absolute atomic E-state index is 0.168. The largest absolute Gasteiger partial charge is 0.495 e. The Kier molecular flexibility index (Phi) is 6.77. The summed E-state index contributed by atoms with van der Waals surface area (Å²) in [5.74, 6) is 0.266. The Balaban J connectivity index is 1.62. The van der Waals surface area contributed by atoms with Gasteiger partial charge in [-0.05, 0) is 37.1 Å². The molecule has 2 atom stereocenters. The molecule has 9 nitrogen and oxygen atoms in total. The lowest BCUT2D eigenvalue weighted by Crippen LogP contribution is -2.37. The molecule has 2 N–H and O–H groups in total. The number of methoxy groups -OCH3 is 2. The van der Waals surface area contributed by atoms with Gasteiger partial charge in [0, 0.05) is 36.8 Å². The lowest BCUT2D eigenvalue weighted by Gasteiger charge is -2.22. The first kappa shape index (κ1) is 26.4. The number of thiophene rings is 1. The van der Waals surface area contributed by atoms with Crippen molar-refractivity contribution in [1.82, 2.24) is 24.6 Å². The van der Waals surface area contributed by atoms with Crippen LogP contribution in [0.2, 0.25) is 0 Å². The van der Waals surface area contributed by atoms with E-state index in [0.29, 0.717) is 56.9 Å². The molecule has 1 amide bonds. The van der Waals surface area contributed by atoms with E-state index in [2.05, 4.69) is 16.5 Å². The van der Waals surface area contributed by atoms with Gasteiger partial charge >= 0.3 is 0 Å². The highest BCUT2D eigenvalue weighted by Crippen LogP contribution is 2.47. The molecule has 1 fully saturated rings. The van der Waals surface area contributed by atoms with Gasteiger partial charge in [-0.3, -0.25) is 9.48 Å². The summed E-state index contributed by atoms with van der Waals surface area (Å²) in [5.41, 5.74) is 9.23. The van der Waals surface area contributed by atoms with Gasteiger partial charge in [-0.1, -0.05) is 6.58 Å². The van der Waals surface area contributed by atoms with Gasteiger partial charge in [0.25, 0.3) is 0 Å². The van der Waals surface area contributed by atoms with Crippen molar-refractivity contribution >= 4 is 55.4 Å². The molecule has 12 heteroatoms. The zero-order valence-electron chi connectivity index (χ0n) is 22.2. The van der Waals surface area contributed by atoms with E-state index in [4.69, 9.17) is 20.3 Å². The van der Waals surface area contributed by atoms with Crippen molar-refractivity contribution in [2.45, 2.75) is 25.4 Å². The molecule has 1 saturated heterocycles. The van der Waals surface area contributed by atoms with Gasteiger partial charge in [0.15, 0.2) is 5.82 Å². The van der Waals surface area contributed by atoms with E-state index in [1.165, 1.54) is 28.7 Å². The molecule has 0 aliphatic carbocycles. The van der Waals surface area contributed by atoms with Crippen molar-refractivity contribution in [3.63, 3.8) is 0 Å². The standard InChI is InChI=1S/C28H27FN6O3S2/c1-5-20(36)34-12-15(10-16(34)13-37-3)35-24-18(28-31-6-7-39-28)11-32-27(30)21(24)23(33-35)26-22(29)17-8-14(2)9-19(38-4)25(17)40-26/h5-9,11,15-16H,1,10,12-13H2,2-4H3,(H2,30,32)/t15-,16+/m0/s1. The maximum absolute atomic E-state index is 16.2. The van der Waals surface area contributed by atoms with E-state index in [1.807, 2.05) is 23.1 Å². The van der Waals surface area contributed by atoms with Crippen molar-refractivity contribution in [2.24, 2.45) is 0 Å². The Labute approximate surface area is 237 Å². The minimum atomic E-state index is -0.389. The van der Waals surface area contributed by atoms with Crippen LogP contribution in [0.5, 0.6) is 5.75 Å². The number of ether oxygens (including phenoxy) is 2. The number of carbonyl (C=O) groups excluding carboxylic acids is 1. The number of nitrogens with zero attached hydrogens (tertiary/aromatic N) is 5. The maximum atomic E-state index is 16.2. The number of amides is 1. The first-order valence-electron chi connectivity index (χ1n) is 12.6. The lowest BCUT2D eigenvalue weighted by molar-refractivity contribution is -0.127. The minimum Gasteiger partial charge on any atom is -0.495 e. The third-order valence-corrected chi connectivity index (χ3v) is 9.25. The number of fused-ring (bicyclic) bond motifs is 2. The molecule has 0 saturated carbocycles. The third-order valence-electron chi connectivity index (χ3n) is 7.25. The predicted molar refractivity (Wildman–Crippen MR) is 156 cm³/mol. The van der Waals surface area contributed by atoms with Crippen LogP contribution in [0.1, 0.15) is 18.0 Å². The van der Waals surface area contributed by atoms with Crippen LogP contribution in [0.3, 0.4) is 0 Å². The Morgan fingerprint density at radius 1 is 1.32 bits per heavy atom. The smallest absolute Gasteiger partial charge is 0.246 e. The Hall–Kier alpha value is -3.87. The molecule has 0 radical (unpaired) electrons. The van der Waals surface area contributed by atoms with Crippen molar-refractivity contribution in [3.8, 4) is 26.9 Å². The maximum Gasteiger partial charge on any atom is 0.246 e. The zero-order chi connectivity index (χ0) is 28.1. The number of aromatic nitrogens is 4. The second-order valence-electron chi connectivity index (χ2n) is 9.69. The number of carbonyl (C=O) groups is 1. The molecule has 0 unspecified atom stereocenters. The molecular formula is C28H27FN6O3S2. The Morgan fingerprint density at radius 2 is 2.15 bits per heavy atom. The number of thiazole rings is 1. The number of likely N-dealkylation sites (tertiary alicyclic amines) is 1. The number of nitrogen functional groups attached to an aromatic ring is 1. The summed E-state index contributed by atoms with van der Waals surface area (Å²) in [6, 6.07) is 3.30. The predicted octanol–water partition coefficient (Wildman–Crippen LogP) is 5.45. The van der Waals surface area contributed by atoms with Crippen molar-refractivity contribution in [2.75, 3.05) is 33.1 Å². The molecule has 1 aliphatic rings. The second kappa shape index (κ2) is 10.3. The summed E-state index contributed by atoms with van der Waals surface area (Å²) < 4.78 is 29.7. The van der Waals surface area contributed by atoms with Gasteiger partial charge in [0.1, 0.15) is 22.3 Å². The summed E-state index contributed by atoms with van der Waals surface area (Å²) in [6.07, 6.45) is 5.30. The Morgan fingerprint density at radius 3 is 2.85 bits per heavy atom. The fourth-order valence-electron chi connectivity index (χ4n) is 5.52. The van der Waals surface area contributed by atoms with E-state index >= 15 is 4.39 Å². The Bertz CT molecular complexity index is 1760. The fraction of sp³-hybridized carbons (Fsp3) is 0.286. The number of benzene rings is 1. The van der Waals surface area contributed by atoms with Crippen LogP contribution < -0.4 is 10.5 Å². The molecule has 1 aromatic carbocycles. The number of aryl methyl sites for hydroxylation is 1. The summed E-state index contributed by atoms with van der Waals surface area (Å²) >= 11 is 2.73. The summed E-state index contributed by atoms with van der Waals surface area (Å²) in [6.45, 7) is 6.32. The highest BCUT2D eigenvalue weighted by atomic mass is 32.1. The molecule has 40 heavy (non-hydrogen) atoms. The fourth-order valence-corrected chi connectivity index (χ4v) is 7.31. The van der Waals surface area contributed by atoms with Gasteiger partial charge in [0.05, 0.1) is 51.8 Å². The molecule has 5 aromatic rings. The van der Waals surface area contributed by atoms with Gasteiger partial charge < -0.3 is 20.1 Å². The molecule has 0 spiro atoms. The molecule has 6 rings (SSSR count). The molecule has 4 aromatic heterocycles. The number of anilines is 1. The van der Waals surface area contributed by atoms with E-state index in [1.54, 1.807) is 37.6 Å². The molecule has 5 heterocycles. The van der Waals surface area contributed by atoms with Crippen LogP contribution >= 0.6 is 22.7 Å². The van der Waals surface area contributed by atoms with Gasteiger partial charge in [-0.2, -0.15) is 5.10 Å². The average molecular weight is 579 g/mol. The molecule has 1 aliphatic heterocycles. The van der Waals surface area contributed by atoms with E-state index in [9.17, 15) is 4.79 Å². The second-order valence-corrected chi connectivity index (χ2v) is 11.6. The highest BCUT2D eigenvalue weighted by molar-refractivity contribution is 7.22. The van der Waals surface area contributed by atoms with Crippen molar-refractivity contribution in [3.05, 3.63) is 53.9 Å². The van der Waals surface area contributed by atoms with Crippen LogP contribution in [-0.4, -0.2) is 64.0 Å². The highest BCUT2D eigenvalue weighted by Gasteiger charge is 2.38. The number of hydrogen-bond acceptors (Lipinski definition) is 9. The van der Waals surface area contributed by atoms with Crippen LogP contribution in [0, 0.1) is 12.7 Å². The topological polar surface area (TPSA) is 108 Å². The SMILES string of the molecule is C=CC(=O)N1C[C@@H](n2nc(-c3sc4c(OC)cc(C)cc4c3F)c3c(N)ncc(-c4nccs4)c32)C[C@@H]1COC. The number of rotatable bonds is 7. The zero-order valence-corrected chi connectivity index (χ0v) is 23.8. The average Bonchev–Trinajstić information content (AvgIpc) is 3.74. The number of nitrogens with two attached hydrogens (primary N) is 1. The monoisotopic (exact) mass is 578 g/mol. The number of hydrogen-bond donors (Lipinski definition) is 1. The van der Waals surface area contributed by atoms with Crippen LogP contribution in [-0.2, 0) is 9.53 Å². The third kappa shape index (κ3) is 4.14. The van der Waals surface area contributed by atoms with Gasteiger partial charge in [0.2, 0.25) is 5.91 Å². The summed E-state index contributed by atoms with van der Waals surface area (Å²) in [4.78, 5) is 23.8. The lowest BCUT2D eigenvalue weighted by atomic mass is 10.1. The number of pyridine rings is 1.